The topological polar surface area (TPSA) is 98.0 Å². The minimum absolute atomic E-state index is 0.0611. The number of carbonyl (C=O) groups is 2. The first-order chi connectivity index (χ1) is 10.6. The number of thiophene rings is 1. The van der Waals surface area contributed by atoms with Gasteiger partial charge in [0.25, 0.3) is 5.91 Å². The lowest BCUT2D eigenvalue weighted by Crippen LogP contribution is -2.14. The van der Waals surface area contributed by atoms with Crippen LogP contribution >= 0.6 is 34.0 Å². The van der Waals surface area contributed by atoms with Gasteiger partial charge in [-0.25, -0.2) is 9.97 Å². The minimum Gasteiger partial charge on any atom is -0.369 e. The second kappa shape index (κ2) is 6.34. The number of nitrogens with zero attached hydrogens (tertiary/aromatic N) is 2. The predicted octanol–water partition coefficient (Wildman–Crippen LogP) is 2.61. The summed E-state index contributed by atoms with van der Waals surface area (Å²) in [4.78, 5) is 32.5. The first kappa shape index (κ1) is 14.8. The van der Waals surface area contributed by atoms with Crippen molar-refractivity contribution in [3.63, 3.8) is 0 Å². The number of amides is 2. The first-order valence-corrected chi connectivity index (χ1v) is 8.79. The van der Waals surface area contributed by atoms with Gasteiger partial charge < -0.3 is 5.73 Å². The molecule has 3 aromatic heterocycles. The molecule has 3 aromatic rings. The summed E-state index contributed by atoms with van der Waals surface area (Å²) in [6.45, 7) is 0. The van der Waals surface area contributed by atoms with E-state index in [0.717, 1.165) is 9.88 Å². The summed E-state index contributed by atoms with van der Waals surface area (Å²) in [5.41, 5.74) is 6.00. The number of carbonyl (C=O) groups excluding carboxylic acids is 2. The lowest BCUT2D eigenvalue weighted by atomic mass is 10.3. The van der Waals surface area contributed by atoms with Crippen molar-refractivity contribution in [3.05, 3.63) is 39.7 Å². The molecule has 22 heavy (non-hydrogen) atoms. The molecule has 0 unspecified atom stereocenters. The zero-order valence-electron chi connectivity index (χ0n) is 11.1. The Labute approximate surface area is 137 Å². The number of hydrogen-bond donors (Lipinski definition) is 2. The maximum Gasteiger partial charge on any atom is 0.276 e. The summed E-state index contributed by atoms with van der Waals surface area (Å²) in [6, 6.07) is 3.90. The molecule has 3 heterocycles. The van der Waals surface area contributed by atoms with Gasteiger partial charge in [0.2, 0.25) is 5.91 Å². The van der Waals surface area contributed by atoms with E-state index in [2.05, 4.69) is 15.3 Å². The fourth-order valence-corrected chi connectivity index (χ4v) is 4.00. The van der Waals surface area contributed by atoms with Crippen LogP contribution in [-0.4, -0.2) is 21.8 Å². The number of anilines is 1. The van der Waals surface area contributed by atoms with E-state index in [4.69, 9.17) is 5.73 Å². The van der Waals surface area contributed by atoms with E-state index < -0.39 is 5.91 Å². The van der Waals surface area contributed by atoms with Gasteiger partial charge >= 0.3 is 0 Å². The SMILES string of the molecule is NC(=O)Cc1csc(NC(=O)c2csc(-c3cccs3)n2)n1. The Balaban J connectivity index is 1.69. The second-order valence-electron chi connectivity index (χ2n) is 4.26. The summed E-state index contributed by atoms with van der Waals surface area (Å²) in [6.07, 6.45) is 0.0611. The average Bonchev–Trinajstić information content (AvgIpc) is 3.19. The van der Waals surface area contributed by atoms with Crippen molar-refractivity contribution < 1.29 is 9.59 Å². The van der Waals surface area contributed by atoms with Crippen molar-refractivity contribution in [1.29, 1.82) is 0 Å². The molecule has 3 rings (SSSR count). The van der Waals surface area contributed by atoms with Crippen LogP contribution in [0.3, 0.4) is 0 Å². The van der Waals surface area contributed by atoms with Gasteiger partial charge in [0, 0.05) is 10.8 Å². The zero-order chi connectivity index (χ0) is 15.5. The number of thiazole rings is 2. The minimum atomic E-state index is -0.455. The van der Waals surface area contributed by atoms with Crippen molar-refractivity contribution >= 4 is 51.0 Å². The van der Waals surface area contributed by atoms with Crippen LogP contribution in [0.15, 0.2) is 28.3 Å². The molecule has 2 amide bonds. The molecule has 0 fully saturated rings. The highest BCUT2D eigenvalue weighted by Crippen LogP contribution is 2.28. The van der Waals surface area contributed by atoms with E-state index in [1.54, 1.807) is 22.1 Å². The van der Waals surface area contributed by atoms with Crippen LogP contribution in [0.25, 0.3) is 9.88 Å². The molecule has 3 N–H and O–H groups in total. The van der Waals surface area contributed by atoms with Crippen LogP contribution in [0.5, 0.6) is 0 Å². The van der Waals surface area contributed by atoms with Crippen molar-refractivity contribution in [2.75, 3.05) is 5.32 Å². The summed E-state index contributed by atoms with van der Waals surface area (Å²) in [7, 11) is 0. The first-order valence-electron chi connectivity index (χ1n) is 6.15. The molecule has 0 spiro atoms. The molecule has 112 valence electrons. The highest BCUT2D eigenvalue weighted by molar-refractivity contribution is 7.20. The molecule has 0 aliphatic heterocycles. The Morgan fingerprint density at radius 3 is 2.77 bits per heavy atom. The molecule has 0 aliphatic carbocycles. The Hall–Kier alpha value is -2.10. The molecular weight excluding hydrogens is 340 g/mol. The summed E-state index contributed by atoms with van der Waals surface area (Å²) >= 11 is 4.24. The van der Waals surface area contributed by atoms with Gasteiger partial charge in [0.05, 0.1) is 17.0 Å². The number of primary amides is 1. The van der Waals surface area contributed by atoms with Crippen molar-refractivity contribution in [3.8, 4) is 9.88 Å². The average molecular weight is 350 g/mol. The normalized spacial score (nSPS) is 10.5. The highest BCUT2D eigenvalue weighted by atomic mass is 32.1. The summed E-state index contributed by atoms with van der Waals surface area (Å²) in [5.74, 6) is -0.776. The van der Waals surface area contributed by atoms with Crippen LogP contribution < -0.4 is 11.1 Å². The summed E-state index contributed by atoms with van der Waals surface area (Å²) in [5, 5.41) is 9.28. The molecule has 0 saturated heterocycles. The van der Waals surface area contributed by atoms with Crippen LogP contribution in [0, 0.1) is 0 Å². The lowest BCUT2D eigenvalue weighted by Gasteiger charge is -1.97. The molecule has 9 heteroatoms. The monoisotopic (exact) mass is 350 g/mol. The number of nitrogens with one attached hydrogen (secondary N) is 1. The van der Waals surface area contributed by atoms with Gasteiger partial charge in [0.1, 0.15) is 10.7 Å². The van der Waals surface area contributed by atoms with Crippen molar-refractivity contribution in [1.82, 2.24) is 9.97 Å². The van der Waals surface area contributed by atoms with Gasteiger partial charge in [0.15, 0.2) is 5.13 Å². The Bertz CT molecular complexity index is 807. The van der Waals surface area contributed by atoms with E-state index in [0.29, 0.717) is 16.5 Å². The maximum absolute atomic E-state index is 12.1. The smallest absolute Gasteiger partial charge is 0.276 e. The molecule has 0 saturated carbocycles. The highest BCUT2D eigenvalue weighted by Gasteiger charge is 2.14. The third-order valence-corrected chi connectivity index (χ3v) is 5.28. The molecule has 0 bridgehead atoms. The van der Waals surface area contributed by atoms with Gasteiger partial charge in [-0.2, -0.15) is 0 Å². The Morgan fingerprint density at radius 1 is 1.18 bits per heavy atom. The number of aromatic nitrogens is 2. The fraction of sp³-hybridized carbons (Fsp3) is 0.0769. The van der Waals surface area contributed by atoms with Gasteiger partial charge in [-0.3, -0.25) is 14.9 Å². The summed E-state index contributed by atoms with van der Waals surface area (Å²) < 4.78 is 0. The molecular formula is C13H10N4O2S3. The van der Waals surface area contributed by atoms with E-state index >= 15 is 0 Å². The molecule has 6 nitrogen and oxygen atoms in total. The zero-order valence-corrected chi connectivity index (χ0v) is 13.6. The Morgan fingerprint density at radius 2 is 2.05 bits per heavy atom. The maximum atomic E-state index is 12.1. The van der Waals surface area contributed by atoms with E-state index in [1.807, 2.05) is 17.5 Å². The fourth-order valence-electron chi connectivity index (χ4n) is 1.68. The predicted molar refractivity (Wildman–Crippen MR) is 88.4 cm³/mol. The third-order valence-electron chi connectivity index (χ3n) is 2.60. The van der Waals surface area contributed by atoms with Crippen LogP contribution in [-0.2, 0) is 11.2 Å². The number of nitrogens with two attached hydrogens (primary N) is 1. The quantitative estimate of drug-likeness (QED) is 0.739. The van der Waals surface area contributed by atoms with Gasteiger partial charge in [-0.05, 0) is 11.4 Å². The van der Waals surface area contributed by atoms with Crippen LogP contribution in [0.1, 0.15) is 16.2 Å². The van der Waals surface area contributed by atoms with E-state index in [-0.39, 0.29) is 12.3 Å². The largest absolute Gasteiger partial charge is 0.369 e. The molecule has 0 atom stereocenters. The third kappa shape index (κ3) is 3.38. The lowest BCUT2D eigenvalue weighted by molar-refractivity contribution is -0.117. The van der Waals surface area contributed by atoms with Gasteiger partial charge in [-0.1, -0.05) is 6.07 Å². The Kier molecular flexibility index (Phi) is 4.27. The standard InChI is InChI=1S/C13H10N4O2S3/c14-10(18)4-7-5-22-13(15-7)17-11(19)8-6-21-12(16-8)9-2-1-3-20-9/h1-3,5-6H,4H2,(H2,14,18)(H,15,17,19). The van der Waals surface area contributed by atoms with Crippen molar-refractivity contribution in [2.24, 2.45) is 5.73 Å². The van der Waals surface area contributed by atoms with Crippen LogP contribution in [0.4, 0.5) is 5.13 Å². The van der Waals surface area contributed by atoms with Gasteiger partial charge in [-0.15, -0.1) is 34.0 Å². The van der Waals surface area contributed by atoms with E-state index in [9.17, 15) is 9.59 Å². The number of rotatable bonds is 5. The van der Waals surface area contributed by atoms with Crippen LogP contribution in [0.2, 0.25) is 0 Å². The molecule has 0 radical (unpaired) electrons. The van der Waals surface area contributed by atoms with Crippen molar-refractivity contribution in [2.45, 2.75) is 6.42 Å². The molecule has 0 aromatic carbocycles. The van der Waals surface area contributed by atoms with E-state index in [1.165, 1.54) is 22.7 Å². The number of hydrogen-bond acceptors (Lipinski definition) is 7. The second-order valence-corrected chi connectivity index (χ2v) is 6.92. The molecule has 0 aliphatic rings.